The van der Waals surface area contributed by atoms with Crippen LogP contribution in [0.15, 0.2) is 29.0 Å². The fraction of sp³-hybridized carbons (Fsp3) is 0.500. The highest BCUT2D eigenvalue weighted by atomic mass is 16.5. The zero-order valence-corrected chi connectivity index (χ0v) is 12.2. The zero-order valence-electron chi connectivity index (χ0n) is 12.2. The van der Waals surface area contributed by atoms with Gasteiger partial charge in [0.05, 0.1) is 12.2 Å². The smallest absolute Gasteiger partial charge is 0.267 e. The first kappa shape index (κ1) is 14.0. The van der Waals surface area contributed by atoms with Crippen molar-refractivity contribution in [3.8, 4) is 5.75 Å². The Kier molecular flexibility index (Phi) is 4.12. The van der Waals surface area contributed by atoms with Gasteiger partial charge in [-0.05, 0) is 26.1 Å². The van der Waals surface area contributed by atoms with Crippen LogP contribution in [0.5, 0.6) is 5.75 Å². The molecule has 0 radical (unpaired) electrons. The third kappa shape index (κ3) is 3.20. The molecule has 0 spiro atoms. The lowest BCUT2D eigenvalue weighted by molar-refractivity contribution is 0.173. The topological polar surface area (TPSA) is 76.3 Å². The summed E-state index contributed by atoms with van der Waals surface area (Å²) >= 11 is 0. The van der Waals surface area contributed by atoms with Gasteiger partial charge in [0.1, 0.15) is 5.75 Å². The van der Waals surface area contributed by atoms with Crippen molar-refractivity contribution in [2.75, 3.05) is 26.7 Å². The summed E-state index contributed by atoms with van der Waals surface area (Å²) in [5, 5.41) is 7.43. The molecule has 0 saturated carbocycles. The number of piperazine rings is 1. The molecule has 3 heterocycles. The number of ether oxygens (including phenoxy) is 1. The Hall–Kier alpha value is -1.99. The molecule has 2 unspecified atom stereocenters. The Bertz CT molecular complexity index is 574. The minimum absolute atomic E-state index is 0.141. The van der Waals surface area contributed by atoms with Crippen molar-refractivity contribution in [2.24, 2.45) is 0 Å². The molecule has 2 aromatic rings. The molecule has 112 valence electrons. The van der Waals surface area contributed by atoms with Gasteiger partial charge in [0, 0.05) is 25.8 Å². The third-order valence-electron chi connectivity index (χ3n) is 3.56. The number of hydrogen-bond acceptors (Lipinski definition) is 7. The van der Waals surface area contributed by atoms with Crippen LogP contribution < -0.4 is 10.1 Å². The van der Waals surface area contributed by atoms with Gasteiger partial charge in [0.25, 0.3) is 5.89 Å². The van der Waals surface area contributed by atoms with E-state index in [1.54, 1.807) is 12.4 Å². The van der Waals surface area contributed by atoms with Crippen molar-refractivity contribution in [2.45, 2.75) is 19.1 Å². The van der Waals surface area contributed by atoms with Crippen molar-refractivity contribution in [3.05, 3.63) is 36.2 Å². The number of pyridine rings is 1. The highest BCUT2D eigenvalue weighted by Crippen LogP contribution is 2.22. The first-order chi connectivity index (χ1) is 10.2. The number of nitrogens with one attached hydrogen (secondary N) is 1. The van der Waals surface area contributed by atoms with Crippen molar-refractivity contribution >= 4 is 0 Å². The predicted octanol–water partition coefficient (Wildman–Crippen LogP) is 1.18. The summed E-state index contributed by atoms with van der Waals surface area (Å²) in [6.07, 6.45) is 3.05. The standard InChI is InChI=1S/C14H19N5O2/c1-10(20-11-4-3-5-15-8-11)14-17-13(18-21-14)12-9-16-6-7-19(12)2/h3-5,8,10,12,16H,6-7,9H2,1-2H3. The van der Waals surface area contributed by atoms with Crippen LogP contribution in [0.2, 0.25) is 0 Å². The maximum atomic E-state index is 5.74. The van der Waals surface area contributed by atoms with Gasteiger partial charge in [0.15, 0.2) is 11.9 Å². The lowest BCUT2D eigenvalue weighted by Crippen LogP contribution is -2.44. The average molecular weight is 289 g/mol. The largest absolute Gasteiger partial charge is 0.479 e. The van der Waals surface area contributed by atoms with Crippen molar-refractivity contribution in [1.82, 2.24) is 25.3 Å². The van der Waals surface area contributed by atoms with Crippen molar-refractivity contribution in [1.29, 1.82) is 0 Å². The lowest BCUT2D eigenvalue weighted by Gasteiger charge is -2.30. The molecule has 0 bridgehead atoms. The predicted molar refractivity (Wildman–Crippen MR) is 75.8 cm³/mol. The van der Waals surface area contributed by atoms with Gasteiger partial charge in [-0.25, -0.2) is 0 Å². The summed E-state index contributed by atoms with van der Waals surface area (Å²) in [4.78, 5) is 10.7. The van der Waals surface area contributed by atoms with Crippen LogP contribution in [0.4, 0.5) is 0 Å². The van der Waals surface area contributed by atoms with Gasteiger partial charge in [0.2, 0.25) is 0 Å². The minimum atomic E-state index is -0.308. The van der Waals surface area contributed by atoms with E-state index in [1.165, 1.54) is 0 Å². The quantitative estimate of drug-likeness (QED) is 0.905. The van der Waals surface area contributed by atoms with E-state index in [2.05, 4.69) is 32.4 Å². The van der Waals surface area contributed by atoms with Gasteiger partial charge in [-0.3, -0.25) is 9.88 Å². The third-order valence-corrected chi connectivity index (χ3v) is 3.56. The monoisotopic (exact) mass is 289 g/mol. The molecule has 21 heavy (non-hydrogen) atoms. The van der Waals surface area contributed by atoms with E-state index in [0.717, 1.165) is 19.6 Å². The first-order valence-corrected chi connectivity index (χ1v) is 7.05. The van der Waals surface area contributed by atoms with Crippen LogP contribution in [0.3, 0.4) is 0 Å². The van der Waals surface area contributed by atoms with E-state index in [9.17, 15) is 0 Å². The molecule has 0 amide bonds. The summed E-state index contributed by atoms with van der Waals surface area (Å²) in [5.74, 6) is 1.86. The highest BCUT2D eigenvalue weighted by molar-refractivity contribution is 5.16. The Morgan fingerprint density at radius 3 is 3.19 bits per heavy atom. The Morgan fingerprint density at radius 1 is 1.52 bits per heavy atom. The molecule has 0 aromatic carbocycles. The van der Waals surface area contributed by atoms with Crippen LogP contribution in [0.1, 0.15) is 30.8 Å². The molecule has 3 rings (SSSR count). The molecular weight excluding hydrogens is 270 g/mol. The lowest BCUT2D eigenvalue weighted by atomic mass is 10.2. The molecule has 0 aliphatic carbocycles. The van der Waals surface area contributed by atoms with Crippen molar-refractivity contribution in [3.63, 3.8) is 0 Å². The molecule has 1 aliphatic heterocycles. The van der Waals surface area contributed by atoms with Crippen molar-refractivity contribution < 1.29 is 9.26 Å². The fourth-order valence-corrected chi connectivity index (χ4v) is 2.31. The number of rotatable bonds is 4. The van der Waals surface area contributed by atoms with E-state index in [0.29, 0.717) is 17.5 Å². The van der Waals surface area contributed by atoms with Crippen LogP contribution in [0.25, 0.3) is 0 Å². The summed E-state index contributed by atoms with van der Waals surface area (Å²) < 4.78 is 11.1. The molecule has 7 nitrogen and oxygen atoms in total. The molecule has 1 fully saturated rings. The van der Waals surface area contributed by atoms with Gasteiger partial charge in [-0.2, -0.15) is 4.98 Å². The van der Waals surface area contributed by atoms with Gasteiger partial charge in [-0.1, -0.05) is 5.16 Å². The summed E-state index contributed by atoms with van der Waals surface area (Å²) in [7, 11) is 2.07. The van der Waals surface area contributed by atoms with Crippen LogP contribution >= 0.6 is 0 Å². The molecular formula is C14H19N5O2. The Morgan fingerprint density at radius 2 is 2.43 bits per heavy atom. The van der Waals surface area contributed by atoms with Gasteiger partial charge < -0.3 is 14.6 Å². The second-order valence-electron chi connectivity index (χ2n) is 5.14. The Labute approximate surface area is 123 Å². The Balaban J connectivity index is 1.69. The van der Waals surface area contributed by atoms with Gasteiger partial charge >= 0.3 is 0 Å². The summed E-state index contributed by atoms with van der Waals surface area (Å²) in [6, 6.07) is 3.81. The molecule has 2 atom stereocenters. The maximum absolute atomic E-state index is 5.74. The van der Waals surface area contributed by atoms with Gasteiger partial charge in [-0.15, -0.1) is 0 Å². The fourth-order valence-electron chi connectivity index (χ4n) is 2.31. The second-order valence-corrected chi connectivity index (χ2v) is 5.14. The SMILES string of the molecule is CC(Oc1cccnc1)c1nc(C2CNCCN2C)no1. The summed E-state index contributed by atoms with van der Waals surface area (Å²) in [6.45, 7) is 4.66. The second kappa shape index (κ2) is 6.19. The van der Waals surface area contributed by atoms with E-state index >= 15 is 0 Å². The number of hydrogen-bond donors (Lipinski definition) is 1. The van der Waals surface area contributed by atoms with E-state index in [4.69, 9.17) is 9.26 Å². The molecule has 7 heteroatoms. The highest BCUT2D eigenvalue weighted by Gasteiger charge is 2.26. The molecule has 1 saturated heterocycles. The first-order valence-electron chi connectivity index (χ1n) is 7.05. The molecule has 2 aromatic heterocycles. The minimum Gasteiger partial charge on any atom is -0.479 e. The zero-order chi connectivity index (χ0) is 14.7. The van der Waals surface area contributed by atoms with Crippen LogP contribution in [-0.4, -0.2) is 46.7 Å². The number of likely N-dealkylation sites (N-methyl/N-ethyl adjacent to an activating group) is 1. The van der Waals surface area contributed by atoms with E-state index in [1.807, 2.05) is 19.1 Å². The van der Waals surface area contributed by atoms with Crippen LogP contribution in [0, 0.1) is 0 Å². The maximum Gasteiger partial charge on any atom is 0.267 e. The number of nitrogens with zero attached hydrogens (tertiary/aromatic N) is 4. The summed E-state index contributed by atoms with van der Waals surface area (Å²) in [5.41, 5.74) is 0. The molecule has 1 aliphatic rings. The molecule has 1 N–H and O–H groups in total. The number of aromatic nitrogens is 3. The average Bonchev–Trinajstić information content (AvgIpc) is 2.98. The van der Waals surface area contributed by atoms with E-state index < -0.39 is 0 Å². The van der Waals surface area contributed by atoms with Crippen LogP contribution in [-0.2, 0) is 0 Å². The van der Waals surface area contributed by atoms with E-state index in [-0.39, 0.29) is 12.1 Å². The normalized spacial score (nSPS) is 21.1.